The molecular weight excluding hydrogens is 320 g/mol. The Hall–Kier alpha value is -2.32. The van der Waals surface area contributed by atoms with Gasteiger partial charge in [-0.2, -0.15) is 0 Å². The molecule has 1 aromatic rings. The van der Waals surface area contributed by atoms with Gasteiger partial charge in [-0.1, -0.05) is 23.9 Å². The van der Waals surface area contributed by atoms with Crippen LogP contribution >= 0.6 is 11.8 Å². The molecule has 0 aliphatic carbocycles. The number of carbonyl (C=O) groups excluding carboxylic acids is 2. The molecule has 1 saturated heterocycles. The first-order chi connectivity index (χ1) is 10.8. The van der Waals surface area contributed by atoms with Crippen LogP contribution in [0.1, 0.15) is 22.8 Å². The minimum atomic E-state index is -1.20. The molecule has 3 unspecified atom stereocenters. The molecular formula is C15H14N2O5S. The van der Waals surface area contributed by atoms with Crippen LogP contribution in [0.3, 0.4) is 0 Å². The second-order valence-corrected chi connectivity index (χ2v) is 6.53. The van der Waals surface area contributed by atoms with E-state index in [1.807, 2.05) is 0 Å². The third-order valence-corrected chi connectivity index (χ3v) is 5.34. The van der Waals surface area contributed by atoms with E-state index < -0.39 is 35.2 Å². The van der Waals surface area contributed by atoms with E-state index in [0.29, 0.717) is 16.0 Å². The first-order valence-corrected chi connectivity index (χ1v) is 7.76. The number of nitrogens with two attached hydrogens (primary N) is 1. The summed E-state index contributed by atoms with van der Waals surface area (Å²) < 4.78 is 0. The number of nitrogens with zero attached hydrogens (tertiary/aromatic N) is 1. The van der Waals surface area contributed by atoms with Gasteiger partial charge in [-0.3, -0.25) is 14.5 Å². The van der Waals surface area contributed by atoms with E-state index in [1.54, 1.807) is 12.1 Å². The van der Waals surface area contributed by atoms with Gasteiger partial charge in [-0.05, 0) is 24.6 Å². The number of rotatable bonds is 4. The molecule has 23 heavy (non-hydrogen) atoms. The molecule has 120 valence electrons. The van der Waals surface area contributed by atoms with Gasteiger partial charge >= 0.3 is 5.97 Å². The van der Waals surface area contributed by atoms with E-state index in [-0.39, 0.29) is 5.70 Å². The quantitative estimate of drug-likeness (QED) is 0.688. The van der Waals surface area contributed by atoms with Crippen molar-refractivity contribution in [3.63, 3.8) is 0 Å². The Labute approximate surface area is 135 Å². The molecule has 2 aliphatic rings. The number of carboxylic acid groups (broad SMARTS) is 1. The van der Waals surface area contributed by atoms with E-state index in [2.05, 4.69) is 0 Å². The van der Waals surface area contributed by atoms with Crippen molar-refractivity contribution in [2.45, 2.75) is 18.4 Å². The van der Waals surface area contributed by atoms with Gasteiger partial charge in [0.05, 0.1) is 12.0 Å². The summed E-state index contributed by atoms with van der Waals surface area (Å²) in [6.45, 7) is 1.51. The SMILES string of the molecule is CC(O)C1C(=O)N2C(C(=O)O)=C(c3ccc(C(N)=O)cc3)SC12. The van der Waals surface area contributed by atoms with Crippen molar-refractivity contribution < 1.29 is 24.6 Å². The minimum absolute atomic E-state index is 0.0891. The van der Waals surface area contributed by atoms with Crippen molar-refractivity contribution in [2.75, 3.05) is 0 Å². The molecule has 3 rings (SSSR count). The number of carbonyl (C=O) groups is 3. The summed E-state index contributed by atoms with van der Waals surface area (Å²) in [5.74, 6) is -2.78. The molecule has 0 spiro atoms. The van der Waals surface area contributed by atoms with Gasteiger partial charge < -0.3 is 15.9 Å². The van der Waals surface area contributed by atoms with Crippen LogP contribution in [0, 0.1) is 5.92 Å². The van der Waals surface area contributed by atoms with Crippen LogP contribution in [0.25, 0.3) is 4.91 Å². The van der Waals surface area contributed by atoms with Gasteiger partial charge in [0.2, 0.25) is 11.8 Å². The van der Waals surface area contributed by atoms with Gasteiger partial charge in [-0.15, -0.1) is 0 Å². The number of fused-ring (bicyclic) bond motifs is 1. The number of β-lactam (4-membered cyclic amide) rings is 1. The molecule has 1 fully saturated rings. The number of aliphatic hydroxyl groups excluding tert-OH is 1. The monoisotopic (exact) mass is 334 g/mol. The maximum Gasteiger partial charge on any atom is 0.353 e. The average molecular weight is 334 g/mol. The third-order valence-electron chi connectivity index (χ3n) is 3.93. The van der Waals surface area contributed by atoms with E-state index in [0.717, 1.165) is 0 Å². The van der Waals surface area contributed by atoms with E-state index in [9.17, 15) is 24.6 Å². The number of primary amides is 1. The first kappa shape index (κ1) is 15.6. The fraction of sp³-hybridized carbons (Fsp3) is 0.267. The fourth-order valence-corrected chi connectivity index (χ4v) is 4.39. The van der Waals surface area contributed by atoms with Crippen LogP contribution in [-0.2, 0) is 9.59 Å². The predicted molar refractivity (Wildman–Crippen MR) is 82.9 cm³/mol. The van der Waals surface area contributed by atoms with Crippen molar-refractivity contribution in [1.29, 1.82) is 0 Å². The highest BCUT2D eigenvalue weighted by molar-refractivity contribution is 8.09. The Morgan fingerprint density at radius 2 is 1.91 bits per heavy atom. The molecule has 2 heterocycles. The molecule has 4 N–H and O–H groups in total. The number of benzene rings is 1. The maximum atomic E-state index is 12.1. The minimum Gasteiger partial charge on any atom is -0.477 e. The molecule has 7 nitrogen and oxygen atoms in total. The van der Waals surface area contributed by atoms with E-state index >= 15 is 0 Å². The van der Waals surface area contributed by atoms with Gasteiger partial charge in [0.25, 0.3) is 0 Å². The topological polar surface area (TPSA) is 121 Å². The van der Waals surface area contributed by atoms with E-state index in [1.165, 1.54) is 35.7 Å². The molecule has 1 aromatic carbocycles. The van der Waals surface area contributed by atoms with Crippen LogP contribution in [0.5, 0.6) is 0 Å². The standard InChI is InChI=1S/C15H14N2O5S/c1-6(18)9-13(20)17-10(15(21)22)11(23-14(9)17)7-2-4-8(5-3-7)12(16)19/h2-6,9,14,18H,1H3,(H2,16,19)(H,21,22). The summed E-state index contributed by atoms with van der Waals surface area (Å²) in [5, 5.41) is 18.7. The highest BCUT2D eigenvalue weighted by atomic mass is 32.2. The smallest absolute Gasteiger partial charge is 0.353 e. The Balaban J connectivity index is 1.99. The molecule has 2 aliphatic heterocycles. The maximum absolute atomic E-state index is 12.1. The second-order valence-electron chi connectivity index (χ2n) is 5.41. The number of thioether (sulfide) groups is 1. The van der Waals surface area contributed by atoms with Crippen molar-refractivity contribution in [3.8, 4) is 0 Å². The van der Waals surface area contributed by atoms with Crippen LogP contribution in [-0.4, -0.2) is 44.4 Å². The Bertz CT molecular complexity index is 741. The Morgan fingerprint density at radius 3 is 2.39 bits per heavy atom. The van der Waals surface area contributed by atoms with Gasteiger partial charge in [0.1, 0.15) is 11.1 Å². The number of aliphatic hydroxyl groups is 1. The normalized spacial score (nSPS) is 24.3. The number of hydrogen-bond donors (Lipinski definition) is 3. The van der Waals surface area contributed by atoms with Crippen LogP contribution in [0.2, 0.25) is 0 Å². The summed E-state index contributed by atoms with van der Waals surface area (Å²) in [6.07, 6.45) is -0.845. The molecule has 0 saturated carbocycles. The number of aliphatic carboxylic acids is 1. The van der Waals surface area contributed by atoms with Crippen LogP contribution in [0.15, 0.2) is 30.0 Å². The average Bonchev–Trinajstić information content (AvgIpc) is 2.82. The van der Waals surface area contributed by atoms with Crippen molar-refractivity contribution >= 4 is 34.5 Å². The lowest BCUT2D eigenvalue weighted by Crippen LogP contribution is -2.60. The highest BCUT2D eigenvalue weighted by Crippen LogP contribution is 2.53. The zero-order valence-corrected chi connectivity index (χ0v) is 12.9. The van der Waals surface area contributed by atoms with Crippen LogP contribution < -0.4 is 5.73 Å². The third kappa shape index (κ3) is 2.30. The van der Waals surface area contributed by atoms with Crippen molar-refractivity contribution in [1.82, 2.24) is 4.90 Å². The fourth-order valence-electron chi connectivity index (χ4n) is 2.77. The predicted octanol–water partition coefficient (Wildman–Crippen LogP) is 0.451. The van der Waals surface area contributed by atoms with Gasteiger partial charge in [0.15, 0.2) is 0 Å². The lowest BCUT2D eigenvalue weighted by Gasteiger charge is -2.43. The van der Waals surface area contributed by atoms with E-state index in [4.69, 9.17) is 5.73 Å². The molecule has 8 heteroatoms. The highest BCUT2D eigenvalue weighted by Gasteiger charge is 2.57. The summed E-state index contributed by atoms with van der Waals surface area (Å²) in [5.41, 5.74) is 6.00. The lowest BCUT2D eigenvalue weighted by molar-refractivity contribution is -0.156. The van der Waals surface area contributed by atoms with Crippen molar-refractivity contribution in [3.05, 3.63) is 41.1 Å². The van der Waals surface area contributed by atoms with Gasteiger partial charge in [-0.25, -0.2) is 4.79 Å². The van der Waals surface area contributed by atoms with Crippen molar-refractivity contribution in [2.24, 2.45) is 11.7 Å². The first-order valence-electron chi connectivity index (χ1n) is 6.88. The number of carboxylic acids is 1. The lowest BCUT2D eigenvalue weighted by atomic mass is 9.92. The summed E-state index contributed by atoms with van der Waals surface area (Å²) in [4.78, 5) is 36.4. The Kier molecular flexibility index (Phi) is 3.65. The second kappa shape index (κ2) is 5.39. The molecule has 2 amide bonds. The summed E-state index contributed by atoms with van der Waals surface area (Å²) in [6, 6.07) is 6.21. The van der Waals surface area contributed by atoms with Crippen LogP contribution in [0.4, 0.5) is 0 Å². The summed E-state index contributed by atoms with van der Waals surface area (Å²) >= 11 is 1.23. The largest absolute Gasteiger partial charge is 0.477 e. The van der Waals surface area contributed by atoms with Gasteiger partial charge in [0, 0.05) is 10.5 Å². The molecule has 0 radical (unpaired) electrons. The zero-order valence-electron chi connectivity index (χ0n) is 12.1. The Morgan fingerprint density at radius 1 is 1.30 bits per heavy atom. The molecule has 3 atom stereocenters. The number of amides is 2. The molecule has 0 aromatic heterocycles. The zero-order chi connectivity index (χ0) is 16.9. The molecule has 0 bridgehead atoms. The summed E-state index contributed by atoms with van der Waals surface area (Å²) in [7, 11) is 0. The number of hydrogen-bond acceptors (Lipinski definition) is 5.